The number of fused-ring (bicyclic) bond motifs is 1. The summed E-state index contributed by atoms with van der Waals surface area (Å²) in [5, 5.41) is 16.4. The second kappa shape index (κ2) is 12.8. The number of carbonyl (C=O) groups excluding carboxylic acids is 4. The summed E-state index contributed by atoms with van der Waals surface area (Å²) in [6, 6.07) is 15.0. The average molecular weight is 518 g/mol. The smallest absolute Gasteiger partial charge is 0.243 e. The number of H-pyrrole nitrogens is 1. The summed E-state index contributed by atoms with van der Waals surface area (Å²) in [6.07, 6.45) is 2.64. The number of hydrogen-bond acceptors (Lipinski definition) is 6. The lowest BCUT2D eigenvalue weighted by Gasteiger charge is -2.28. The third kappa shape index (κ3) is 6.92. The highest BCUT2D eigenvalue weighted by Gasteiger charge is 2.32. The number of aromatic nitrogens is 1. The Balaban J connectivity index is 1.50. The van der Waals surface area contributed by atoms with Crippen molar-refractivity contribution < 1.29 is 23.9 Å². The standard InChI is InChI=1S/C28H31N5O5/c29-13-21(34)10-11-24(27(36)31-14-18-6-2-1-3-7-18)32-28(37)25(33-26(35)20-16-38-17-20)12-19-15-30-23-9-5-4-8-22(19)23/h1-9,13,15,20,24-25,29-30H,10-12,14,16-17H2,(H,31,36)(H,32,37)(H,33,35)/t24-,25-/m0/s1. The van der Waals surface area contributed by atoms with Crippen molar-refractivity contribution in [1.82, 2.24) is 20.9 Å². The zero-order chi connectivity index (χ0) is 26.9. The van der Waals surface area contributed by atoms with Crippen LogP contribution in [0.5, 0.6) is 0 Å². The Morgan fingerprint density at radius 2 is 1.71 bits per heavy atom. The van der Waals surface area contributed by atoms with Crippen molar-refractivity contribution in [2.75, 3.05) is 13.2 Å². The first-order chi connectivity index (χ1) is 18.4. The average Bonchev–Trinajstić information content (AvgIpc) is 3.31. The second-order valence-corrected chi connectivity index (χ2v) is 9.27. The van der Waals surface area contributed by atoms with Crippen molar-refractivity contribution in [1.29, 1.82) is 5.41 Å². The zero-order valence-electron chi connectivity index (χ0n) is 20.9. The first-order valence-electron chi connectivity index (χ1n) is 12.5. The molecule has 4 rings (SSSR count). The number of aromatic amines is 1. The highest BCUT2D eigenvalue weighted by Crippen LogP contribution is 2.20. The molecule has 3 amide bonds. The quantitative estimate of drug-likeness (QED) is 0.218. The molecule has 38 heavy (non-hydrogen) atoms. The van der Waals surface area contributed by atoms with Crippen molar-refractivity contribution in [3.8, 4) is 0 Å². The van der Waals surface area contributed by atoms with E-state index >= 15 is 0 Å². The van der Waals surface area contributed by atoms with E-state index in [1.807, 2.05) is 54.6 Å². The van der Waals surface area contributed by atoms with Gasteiger partial charge in [0.1, 0.15) is 12.1 Å². The van der Waals surface area contributed by atoms with Crippen LogP contribution < -0.4 is 16.0 Å². The van der Waals surface area contributed by atoms with Crippen molar-refractivity contribution in [2.45, 2.75) is 37.9 Å². The summed E-state index contributed by atoms with van der Waals surface area (Å²) in [7, 11) is 0. The van der Waals surface area contributed by atoms with E-state index in [-0.39, 0.29) is 37.6 Å². The predicted molar refractivity (Wildman–Crippen MR) is 141 cm³/mol. The Kier molecular flexibility index (Phi) is 8.99. The molecule has 1 aromatic heterocycles. The van der Waals surface area contributed by atoms with Gasteiger partial charge in [-0.25, -0.2) is 0 Å². The Hall–Kier alpha value is -4.31. The number of rotatable bonds is 13. The molecular formula is C28H31N5O5. The van der Waals surface area contributed by atoms with Crippen molar-refractivity contribution in [2.24, 2.45) is 5.92 Å². The molecule has 5 N–H and O–H groups in total. The fraction of sp³-hybridized carbons (Fsp3) is 0.321. The summed E-state index contributed by atoms with van der Waals surface area (Å²) in [5.41, 5.74) is 2.63. The van der Waals surface area contributed by atoms with Crippen LogP contribution in [0.2, 0.25) is 0 Å². The van der Waals surface area contributed by atoms with E-state index in [2.05, 4.69) is 20.9 Å². The van der Waals surface area contributed by atoms with Crippen LogP contribution in [0.4, 0.5) is 0 Å². The molecule has 3 aromatic rings. The summed E-state index contributed by atoms with van der Waals surface area (Å²) in [4.78, 5) is 54.2. The van der Waals surface area contributed by atoms with Gasteiger partial charge in [-0.2, -0.15) is 0 Å². The highest BCUT2D eigenvalue weighted by molar-refractivity contribution is 6.26. The lowest BCUT2D eigenvalue weighted by atomic mass is 10.0. The number of hydrogen-bond donors (Lipinski definition) is 5. The number of amides is 3. The number of ketones is 1. The molecule has 2 heterocycles. The molecule has 1 saturated heterocycles. The van der Waals surface area contributed by atoms with Crippen LogP contribution in [0.15, 0.2) is 60.8 Å². The molecule has 1 aliphatic heterocycles. The van der Waals surface area contributed by atoms with Crippen LogP contribution in [-0.4, -0.2) is 60.0 Å². The Morgan fingerprint density at radius 1 is 0.974 bits per heavy atom. The van der Waals surface area contributed by atoms with Crippen LogP contribution in [0.3, 0.4) is 0 Å². The predicted octanol–water partition coefficient (Wildman–Crippen LogP) is 1.64. The van der Waals surface area contributed by atoms with E-state index in [4.69, 9.17) is 10.1 Å². The summed E-state index contributed by atoms with van der Waals surface area (Å²) in [5.74, 6) is -2.06. The van der Waals surface area contributed by atoms with Gasteiger partial charge in [0.15, 0.2) is 5.78 Å². The van der Waals surface area contributed by atoms with E-state index in [0.717, 1.165) is 22.0 Å². The van der Waals surface area contributed by atoms with Gasteiger partial charge in [0, 0.05) is 36.5 Å². The first kappa shape index (κ1) is 26.7. The SMILES string of the molecule is N=CC(=O)CC[C@H](NC(=O)[C@H](Cc1c[nH]c2ccccc12)NC(=O)C1COC1)C(=O)NCc1ccccc1. The van der Waals surface area contributed by atoms with E-state index in [1.54, 1.807) is 6.20 Å². The van der Waals surface area contributed by atoms with E-state index in [9.17, 15) is 19.2 Å². The molecule has 2 aromatic carbocycles. The van der Waals surface area contributed by atoms with Gasteiger partial charge in [0.25, 0.3) is 0 Å². The van der Waals surface area contributed by atoms with Crippen molar-refractivity contribution in [3.05, 3.63) is 71.9 Å². The number of nitrogens with one attached hydrogen (secondary N) is 5. The molecule has 10 heteroatoms. The third-order valence-electron chi connectivity index (χ3n) is 6.52. The van der Waals surface area contributed by atoms with Crippen molar-refractivity contribution in [3.63, 3.8) is 0 Å². The van der Waals surface area contributed by atoms with Gasteiger partial charge < -0.3 is 31.1 Å². The van der Waals surface area contributed by atoms with Crippen LogP contribution >= 0.6 is 0 Å². The van der Waals surface area contributed by atoms with Gasteiger partial charge in [0.2, 0.25) is 17.7 Å². The maximum Gasteiger partial charge on any atom is 0.243 e. The monoisotopic (exact) mass is 517 g/mol. The first-order valence-corrected chi connectivity index (χ1v) is 12.5. The summed E-state index contributed by atoms with van der Waals surface area (Å²) < 4.78 is 5.12. The number of carbonyl (C=O) groups is 4. The van der Waals surface area contributed by atoms with Gasteiger partial charge >= 0.3 is 0 Å². The molecule has 10 nitrogen and oxygen atoms in total. The fourth-order valence-corrected chi connectivity index (χ4v) is 4.21. The molecule has 0 radical (unpaired) electrons. The molecule has 198 valence electrons. The number of Topliss-reactive ketones (excluding diaryl/α,β-unsaturated/α-hetero) is 1. The minimum absolute atomic E-state index is 0.0186. The topological polar surface area (TPSA) is 153 Å². The lowest BCUT2D eigenvalue weighted by molar-refractivity contribution is -0.142. The Labute approximate surface area is 220 Å². The van der Waals surface area contributed by atoms with E-state index in [0.29, 0.717) is 19.4 Å². The largest absolute Gasteiger partial charge is 0.380 e. The van der Waals surface area contributed by atoms with Crippen LogP contribution in [-0.2, 0) is 36.9 Å². The van der Waals surface area contributed by atoms with Gasteiger partial charge in [-0.05, 0) is 23.6 Å². The summed E-state index contributed by atoms with van der Waals surface area (Å²) in [6.45, 7) is 0.842. The van der Waals surface area contributed by atoms with Gasteiger partial charge in [-0.15, -0.1) is 0 Å². The van der Waals surface area contributed by atoms with E-state index < -0.39 is 29.7 Å². The molecular weight excluding hydrogens is 486 g/mol. The van der Waals surface area contributed by atoms with Crippen molar-refractivity contribution >= 4 is 40.6 Å². The van der Waals surface area contributed by atoms with E-state index in [1.165, 1.54) is 0 Å². The molecule has 0 spiro atoms. The van der Waals surface area contributed by atoms with Crippen LogP contribution in [0, 0.1) is 11.3 Å². The molecule has 1 aliphatic rings. The Morgan fingerprint density at radius 3 is 2.42 bits per heavy atom. The molecule has 0 saturated carbocycles. The second-order valence-electron chi connectivity index (χ2n) is 9.27. The maximum atomic E-state index is 13.5. The highest BCUT2D eigenvalue weighted by atomic mass is 16.5. The van der Waals surface area contributed by atoms with Gasteiger partial charge in [0.05, 0.1) is 25.3 Å². The zero-order valence-corrected chi connectivity index (χ0v) is 20.9. The fourth-order valence-electron chi connectivity index (χ4n) is 4.21. The number of ether oxygens (including phenoxy) is 1. The lowest BCUT2D eigenvalue weighted by Crippen LogP contribution is -2.56. The third-order valence-corrected chi connectivity index (χ3v) is 6.52. The molecule has 2 atom stereocenters. The molecule has 0 bridgehead atoms. The minimum Gasteiger partial charge on any atom is -0.380 e. The van der Waals surface area contributed by atoms with Crippen LogP contribution in [0.25, 0.3) is 10.9 Å². The summed E-state index contributed by atoms with van der Waals surface area (Å²) >= 11 is 0. The number of para-hydroxylation sites is 1. The number of benzene rings is 2. The van der Waals surface area contributed by atoms with Gasteiger partial charge in [-0.3, -0.25) is 19.2 Å². The Bertz CT molecular complexity index is 1300. The maximum absolute atomic E-state index is 13.5. The van der Waals surface area contributed by atoms with Crippen LogP contribution in [0.1, 0.15) is 24.0 Å². The normalized spacial score (nSPS) is 14.6. The molecule has 0 aliphatic carbocycles. The molecule has 0 unspecified atom stereocenters. The van der Waals surface area contributed by atoms with Gasteiger partial charge in [-0.1, -0.05) is 48.5 Å². The minimum atomic E-state index is -1.02. The molecule has 1 fully saturated rings.